The highest BCUT2D eigenvalue weighted by atomic mass is 127. The van der Waals surface area contributed by atoms with Gasteiger partial charge in [-0.2, -0.15) is 0 Å². The van der Waals surface area contributed by atoms with Crippen molar-refractivity contribution in [2.45, 2.75) is 27.3 Å². The van der Waals surface area contributed by atoms with E-state index in [1.54, 1.807) is 0 Å². The molecule has 0 aliphatic heterocycles. The summed E-state index contributed by atoms with van der Waals surface area (Å²) < 4.78 is 19.6. The molecule has 0 amide bonds. The van der Waals surface area contributed by atoms with E-state index in [-0.39, 0.29) is 24.0 Å². The lowest BCUT2D eigenvalue weighted by atomic mass is 10.1. The van der Waals surface area contributed by atoms with Crippen molar-refractivity contribution in [2.75, 3.05) is 41.8 Å². The highest BCUT2D eigenvalue weighted by Gasteiger charge is 2.16. The maximum Gasteiger partial charge on any atom is 0.203 e. The number of hydrogen-bond donors (Lipinski definition) is 0. The summed E-state index contributed by atoms with van der Waals surface area (Å²) in [6, 6.07) is 4.18. The van der Waals surface area contributed by atoms with Crippen molar-refractivity contribution in [3.63, 3.8) is 0 Å². The van der Waals surface area contributed by atoms with Crippen LogP contribution in [-0.4, -0.2) is 46.7 Å². The summed E-state index contributed by atoms with van der Waals surface area (Å²) in [7, 11) is 0. The van der Waals surface area contributed by atoms with E-state index in [1.807, 2.05) is 20.8 Å². The van der Waals surface area contributed by atoms with Gasteiger partial charge in [0.05, 0.1) is 19.8 Å². The first-order valence-corrected chi connectivity index (χ1v) is 11.1. The molecule has 1 rings (SSSR count). The van der Waals surface area contributed by atoms with Crippen LogP contribution in [0, 0.1) is 0 Å². The van der Waals surface area contributed by atoms with E-state index < -0.39 is 0 Å². The zero-order chi connectivity index (χ0) is 17.1. The van der Waals surface area contributed by atoms with Crippen molar-refractivity contribution in [1.82, 2.24) is 4.90 Å². The van der Waals surface area contributed by atoms with Gasteiger partial charge >= 0.3 is 0 Å². The Labute approximate surface area is 190 Å². The molecule has 1 aromatic carbocycles. The molecule has 0 heterocycles. The Morgan fingerprint density at radius 3 is 1.67 bits per heavy atom. The van der Waals surface area contributed by atoms with Crippen LogP contribution in [0.4, 0.5) is 0 Å². The number of ether oxygens (including phenoxy) is 3. The van der Waals surface area contributed by atoms with E-state index in [2.05, 4.69) is 62.2 Å². The SMILES string of the molecule is CCOc1cc(CN(CCI)CCI)cc(OCC)c1OCC.I. The first-order chi connectivity index (χ1) is 11.2. The first kappa shape index (κ1) is 24.8. The Balaban J connectivity index is 0.00000529. The zero-order valence-corrected chi connectivity index (χ0v) is 21.3. The Kier molecular flexibility index (Phi) is 15.4. The van der Waals surface area contributed by atoms with E-state index in [4.69, 9.17) is 14.2 Å². The van der Waals surface area contributed by atoms with Gasteiger partial charge in [-0.25, -0.2) is 0 Å². The number of benzene rings is 1. The summed E-state index contributed by atoms with van der Waals surface area (Å²) in [6.45, 7) is 10.8. The first-order valence-electron chi connectivity index (χ1n) is 8.09. The zero-order valence-electron chi connectivity index (χ0n) is 14.6. The lowest BCUT2D eigenvalue weighted by Crippen LogP contribution is -2.27. The van der Waals surface area contributed by atoms with Crippen LogP contribution in [0.3, 0.4) is 0 Å². The topological polar surface area (TPSA) is 30.9 Å². The molecule has 0 spiro atoms. The monoisotopic (exact) mass is 675 g/mol. The molecule has 0 aliphatic rings. The van der Waals surface area contributed by atoms with Crippen molar-refractivity contribution in [3.05, 3.63) is 17.7 Å². The van der Waals surface area contributed by atoms with E-state index in [9.17, 15) is 0 Å². The molecule has 0 N–H and O–H groups in total. The molecule has 0 aromatic heterocycles. The van der Waals surface area contributed by atoms with Crippen LogP contribution < -0.4 is 14.2 Å². The lowest BCUT2D eigenvalue weighted by Gasteiger charge is -2.22. The van der Waals surface area contributed by atoms with Gasteiger partial charge in [0.2, 0.25) is 5.75 Å². The lowest BCUT2D eigenvalue weighted by molar-refractivity contribution is 0.258. The molecule has 0 atom stereocenters. The van der Waals surface area contributed by atoms with Crippen LogP contribution in [0.5, 0.6) is 17.2 Å². The van der Waals surface area contributed by atoms with E-state index in [0.717, 1.165) is 40.0 Å². The van der Waals surface area contributed by atoms with E-state index in [1.165, 1.54) is 5.56 Å². The summed E-state index contributed by atoms with van der Waals surface area (Å²) >= 11 is 4.86. The van der Waals surface area contributed by atoms with Crippen LogP contribution in [0.2, 0.25) is 0 Å². The number of halogens is 3. The van der Waals surface area contributed by atoms with Gasteiger partial charge in [0.25, 0.3) is 0 Å². The number of hydrogen-bond acceptors (Lipinski definition) is 4. The predicted molar refractivity (Wildman–Crippen MR) is 128 cm³/mol. The highest BCUT2D eigenvalue weighted by Crippen LogP contribution is 2.39. The fourth-order valence-electron chi connectivity index (χ4n) is 2.30. The van der Waals surface area contributed by atoms with Crippen molar-refractivity contribution in [1.29, 1.82) is 0 Å². The molecule has 4 nitrogen and oxygen atoms in total. The van der Waals surface area contributed by atoms with Crippen LogP contribution >= 0.6 is 69.2 Å². The molecule has 0 unspecified atom stereocenters. The largest absolute Gasteiger partial charge is 0.490 e. The van der Waals surface area contributed by atoms with Crippen molar-refractivity contribution in [3.8, 4) is 17.2 Å². The number of rotatable bonds is 12. The molecule has 0 radical (unpaired) electrons. The number of nitrogens with zero attached hydrogens (tertiary/aromatic N) is 1. The molecule has 0 bridgehead atoms. The fraction of sp³-hybridized carbons (Fsp3) is 0.647. The van der Waals surface area contributed by atoms with Gasteiger partial charge in [-0.15, -0.1) is 24.0 Å². The van der Waals surface area contributed by atoms with Crippen molar-refractivity contribution >= 4 is 69.2 Å². The Hall–Kier alpha value is 0.770. The molecule has 0 saturated carbocycles. The summed E-state index contributed by atoms with van der Waals surface area (Å²) in [5, 5.41) is 0. The molecule has 0 saturated heterocycles. The minimum atomic E-state index is 0. The molecular weight excluding hydrogens is 647 g/mol. The van der Waals surface area contributed by atoms with Crippen LogP contribution in [0.1, 0.15) is 26.3 Å². The second-order valence-electron chi connectivity index (χ2n) is 4.87. The quantitative estimate of drug-likeness (QED) is 0.226. The van der Waals surface area contributed by atoms with Gasteiger partial charge in [0.15, 0.2) is 11.5 Å². The standard InChI is InChI=1S/C17H27I2NO3.HI/c1-4-21-15-11-14(13-20(9-7-18)10-8-19)12-16(22-5-2)17(15)23-6-3;/h11-12H,4-10,13H2,1-3H3;1H. The Bertz CT molecular complexity index is 428. The predicted octanol–water partition coefficient (Wildman–Crippen LogP) is 5.17. The summed E-state index contributed by atoms with van der Waals surface area (Å²) in [5.74, 6) is 2.27. The smallest absolute Gasteiger partial charge is 0.203 e. The highest BCUT2D eigenvalue weighted by molar-refractivity contribution is 14.1. The summed E-state index contributed by atoms with van der Waals surface area (Å²) in [5.41, 5.74) is 1.20. The third-order valence-electron chi connectivity index (χ3n) is 3.18. The average molecular weight is 675 g/mol. The van der Waals surface area contributed by atoms with Gasteiger partial charge in [-0.1, -0.05) is 45.2 Å². The maximum atomic E-state index is 5.79. The van der Waals surface area contributed by atoms with Crippen molar-refractivity contribution < 1.29 is 14.2 Å². The van der Waals surface area contributed by atoms with E-state index in [0.29, 0.717) is 25.6 Å². The maximum absolute atomic E-state index is 5.79. The van der Waals surface area contributed by atoms with Crippen LogP contribution in [0.25, 0.3) is 0 Å². The van der Waals surface area contributed by atoms with Crippen molar-refractivity contribution in [2.24, 2.45) is 0 Å². The van der Waals surface area contributed by atoms with Crippen LogP contribution in [-0.2, 0) is 6.54 Å². The second-order valence-corrected chi connectivity index (χ2v) is 7.03. The number of alkyl halides is 2. The summed E-state index contributed by atoms with van der Waals surface area (Å²) in [6.07, 6.45) is 0. The molecular formula is C17H28I3NO3. The van der Waals surface area contributed by atoms with Gasteiger partial charge < -0.3 is 14.2 Å². The molecule has 7 heteroatoms. The third-order valence-corrected chi connectivity index (χ3v) is 4.14. The van der Waals surface area contributed by atoms with E-state index >= 15 is 0 Å². The molecule has 24 heavy (non-hydrogen) atoms. The van der Waals surface area contributed by atoms with Gasteiger partial charge in [-0.3, -0.25) is 4.90 Å². The second kappa shape index (κ2) is 14.9. The molecule has 140 valence electrons. The minimum Gasteiger partial charge on any atom is -0.490 e. The van der Waals surface area contributed by atoms with Gasteiger partial charge in [0, 0.05) is 28.5 Å². The van der Waals surface area contributed by atoms with Gasteiger partial charge in [-0.05, 0) is 38.5 Å². The van der Waals surface area contributed by atoms with Crippen LogP contribution in [0.15, 0.2) is 12.1 Å². The molecule has 0 fully saturated rings. The normalized spacial score (nSPS) is 10.4. The molecule has 1 aromatic rings. The molecule has 0 aliphatic carbocycles. The Morgan fingerprint density at radius 2 is 1.29 bits per heavy atom. The minimum absolute atomic E-state index is 0. The Morgan fingerprint density at radius 1 is 0.833 bits per heavy atom. The third kappa shape index (κ3) is 8.43. The van der Waals surface area contributed by atoms with Gasteiger partial charge in [0.1, 0.15) is 0 Å². The summed E-state index contributed by atoms with van der Waals surface area (Å²) in [4.78, 5) is 2.46. The fourth-order valence-corrected chi connectivity index (χ4v) is 3.67. The average Bonchev–Trinajstić information content (AvgIpc) is 2.51.